The maximum Gasteiger partial charge on any atom is 0.306 e. The van der Waals surface area contributed by atoms with E-state index in [4.69, 9.17) is 9.47 Å². The number of unbranched alkanes of at least 4 members (excludes halogenated alkanes) is 15. The number of hydrogen-bond acceptors (Lipinski definition) is 9. The predicted molar refractivity (Wildman–Crippen MR) is 223 cm³/mol. The highest BCUT2D eigenvalue weighted by Gasteiger charge is 2.24. The van der Waals surface area contributed by atoms with Crippen LogP contribution < -0.4 is 21.1 Å². The van der Waals surface area contributed by atoms with Crippen LogP contribution in [0.5, 0.6) is 0 Å². The van der Waals surface area contributed by atoms with Crippen LogP contribution in [0.3, 0.4) is 0 Å². The summed E-state index contributed by atoms with van der Waals surface area (Å²) >= 11 is 0. The Morgan fingerprint density at radius 3 is 1.70 bits per heavy atom. The number of carbonyl (C=O) groups excluding carboxylic acids is 2. The molecule has 0 aliphatic rings. The highest BCUT2D eigenvalue weighted by Crippen LogP contribution is 2.20. The van der Waals surface area contributed by atoms with Crippen LogP contribution in [0.4, 0.5) is 11.4 Å². The molecular formula is C44H81N3O6. The molecule has 0 aromatic heterocycles. The molecule has 0 amide bonds. The molecule has 0 heterocycles. The van der Waals surface area contributed by atoms with E-state index >= 15 is 0 Å². The molecule has 0 spiro atoms. The van der Waals surface area contributed by atoms with Gasteiger partial charge in [-0.25, -0.2) is 0 Å². The maximum absolute atomic E-state index is 12.5. The first-order valence-electron chi connectivity index (χ1n) is 22.2. The third-order valence-corrected chi connectivity index (χ3v) is 10.4. The lowest BCUT2D eigenvalue weighted by atomic mass is 10.1. The summed E-state index contributed by atoms with van der Waals surface area (Å²) in [6, 6.07) is 0. The first-order valence-corrected chi connectivity index (χ1v) is 22.2. The van der Waals surface area contributed by atoms with Crippen LogP contribution in [-0.2, 0) is 19.1 Å². The summed E-state index contributed by atoms with van der Waals surface area (Å²) < 4.78 is 11.3. The first kappa shape index (κ1) is 48.6. The van der Waals surface area contributed by atoms with Crippen LogP contribution in [-0.4, -0.2) is 68.8 Å². The Kier molecular flexibility index (Phi) is 30.2. The van der Waals surface area contributed by atoms with Gasteiger partial charge in [0.2, 0.25) is 0 Å². The van der Waals surface area contributed by atoms with E-state index in [2.05, 4.69) is 31.0 Å². The molecule has 1 aromatic carbocycles. The second-order valence-corrected chi connectivity index (χ2v) is 15.1. The molecule has 1 aromatic rings. The molecule has 0 saturated carbocycles. The van der Waals surface area contributed by atoms with Crippen molar-refractivity contribution >= 4 is 23.3 Å². The van der Waals surface area contributed by atoms with E-state index in [1.54, 1.807) is 0 Å². The lowest BCUT2D eigenvalue weighted by Gasteiger charge is -2.26. The average Bonchev–Trinajstić information content (AvgIpc) is 3.16. The summed E-state index contributed by atoms with van der Waals surface area (Å²) in [5.74, 6) is -0.0783. The van der Waals surface area contributed by atoms with Crippen molar-refractivity contribution in [2.75, 3.05) is 56.1 Å². The molecule has 0 radical (unpaired) electrons. The van der Waals surface area contributed by atoms with Crippen LogP contribution in [0.1, 0.15) is 195 Å². The van der Waals surface area contributed by atoms with Crippen molar-refractivity contribution in [3.63, 3.8) is 0 Å². The quantitative estimate of drug-likeness (QED) is 0.0402. The van der Waals surface area contributed by atoms with E-state index in [1.807, 2.05) is 18.7 Å². The number of anilines is 2. The third-order valence-electron chi connectivity index (χ3n) is 10.4. The lowest BCUT2D eigenvalue weighted by Crippen LogP contribution is -2.43. The standard InChI is InChI=1S/C44H81N3O6/c1-6-11-14-21-27-37-52-39(48)31-23-17-15-19-25-34-46(36-28-33-45-41-42(44(51)43(41)50)47(9-4)10-5)35-26-20-16-18-24-32-40(49)53-38(29-13-8-3)30-22-12-7-2/h38,45H,6-37H2,1-5H3. The molecule has 1 rings (SSSR count). The average molecular weight is 748 g/mol. The number of nitrogens with one attached hydrogen (secondary N) is 1. The summed E-state index contributed by atoms with van der Waals surface area (Å²) in [4.78, 5) is 53.6. The zero-order valence-corrected chi connectivity index (χ0v) is 35.0. The minimum absolute atomic E-state index is 0.0246. The Balaban J connectivity index is 2.42. The van der Waals surface area contributed by atoms with Gasteiger partial charge in [-0.05, 0) is 91.3 Å². The molecular weight excluding hydrogens is 666 g/mol. The molecule has 9 heteroatoms. The number of carbonyl (C=O) groups is 2. The number of nitrogens with zero attached hydrogens (tertiary/aromatic N) is 2. The van der Waals surface area contributed by atoms with Gasteiger partial charge in [0.25, 0.3) is 10.9 Å². The zero-order valence-electron chi connectivity index (χ0n) is 35.0. The largest absolute Gasteiger partial charge is 0.466 e. The monoisotopic (exact) mass is 748 g/mol. The third kappa shape index (κ3) is 23.2. The SMILES string of the molecule is CCCCCCCOC(=O)CCCCCCCN(CCCCCCCC(=O)OC(CCCC)CCCCC)CCCNc1c(N(CC)CC)c(=O)c1=O. The van der Waals surface area contributed by atoms with Crippen molar-refractivity contribution in [1.82, 2.24) is 4.90 Å². The number of rotatable bonds is 38. The lowest BCUT2D eigenvalue weighted by molar-refractivity contribution is -0.150. The van der Waals surface area contributed by atoms with Gasteiger partial charge in [-0.3, -0.25) is 19.2 Å². The van der Waals surface area contributed by atoms with E-state index < -0.39 is 5.43 Å². The van der Waals surface area contributed by atoms with Crippen LogP contribution in [0.25, 0.3) is 0 Å². The maximum atomic E-state index is 12.5. The van der Waals surface area contributed by atoms with E-state index in [-0.39, 0.29) is 23.5 Å². The molecule has 1 unspecified atom stereocenters. The van der Waals surface area contributed by atoms with Crippen molar-refractivity contribution in [3.05, 3.63) is 20.4 Å². The van der Waals surface area contributed by atoms with Gasteiger partial charge in [-0.2, -0.15) is 0 Å². The molecule has 1 N–H and O–H groups in total. The smallest absolute Gasteiger partial charge is 0.306 e. The van der Waals surface area contributed by atoms with Gasteiger partial charge in [-0.15, -0.1) is 0 Å². The van der Waals surface area contributed by atoms with E-state index in [0.29, 0.717) is 50.5 Å². The van der Waals surface area contributed by atoms with Crippen LogP contribution in [0.2, 0.25) is 0 Å². The van der Waals surface area contributed by atoms with E-state index in [9.17, 15) is 19.2 Å². The van der Waals surface area contributed by atoms with Gasteiger partial charge in [-0.1, -0.05) is 111 Å². The predicted octanol–water partition coefficient (Wildman–Crippen LogP) is 10.1. The minimum Gasteiger partial charge on any atom is -0.466 e. The van der Waals surface area contributed by atoms with Gasteiger partial charge in [0.15, 0.2) is 0 Å². The Morgan fingerprint density at radius 1 is 0.566 bits per heavy atom. The Bertz CT molecular complexity index is 1110. The topological polar surface area (TPSA) is 105 Å². The minimum atomic E-state index is -0.393. The van der Waals surface area contributed by atoms with Crippen LogP contribution >= 0.6 is 0 Å². The Labute approximate surface area is 324 Å². The second kappa shape index (κ2) is 33.0. The Morgan fingerprint density at radius 2 is 1.08 bits per heavy atom. The number of hydrogen-bond donors (Lipinski definition) is 1. The molecule has 0 aliphatic carbocycles. The van der Waals surface area contributed by atoms with Crippen molar-refractivity contribution in [2.24, 2.45) is 0 Å². The fourth-order valence-corrected chi connectivity index (χ4v) is 7.03. The van der Waals surface area contributed by atoms with Gasteiger partial charge in [0.1, 0.15) is 17.5 Å². The molecule has 0 aliphatic heterocycles. The van der Waals surface area contributed by atoms with Crippen molar-refractivity contribution < 1.29 is 19.1 Å². The van der Waals surface area contributed by atoms with E-state index in [0.717, 1.165) is 135 Å². The fourth-order valence-electron chi connectivity index (χ4n) is 7.03. The highest BCUT2D eigenvalue weighted by atomic mass is 16.5. The summed E-state index contributed by atoms with van der Waals surface area (Å²) in [7, 11) is 0. The van der Waals surface area contributed by atoms with Crippen molar-refractivity contribution in [3.8, 4) is 0 Å². The molecule has 9 nitrogen and oxygen atoms in total. The van der Waals surface area contributed by atoms with Crippen LogP contribution in [0, 0.1) is 0 Å². The summed E-state index contributed by atoms with van der Waals surface area (Å²) in [5.41, 5.74) is 0.265. The fraction of sp³-hybridized carbons (Fsp3) is 0.864. The van der Waals surface area contributed by atoms with Crippen LogP contribution in [0.15, 0.2) is 9.59 Å². The van der Waals surface area contributed by atoms with Gasteiger partial charge in [0.05, 0.1) is 6.61 Å². The molecule has 0 saturated heterocycles. The van der Waals surface area contributed by atoms with Crippen molar-refractivity contribution in [1.29, 1.82) is 0 Å². The number of ether oxygens (including phenoxy) is 2. The van der Waals surface area contributed by atoms with Crippen molar-refractivity contribution in [2.45, 2.75) is 201 Å². The summed E-state index contributed by atoms with van der Waals surface area (Å²) in [6.07, 6.45) is 26.3. The molecule has 0 bridgehead atoms. The zero-order chi connectivity index (χ0) is 38.9. The highest BCUT2D eigenvalue weighted by molar-refractivity contribution is 5.75. The van der Waals surface area contributed by atoms with Gasteiger partial charge in [0, 0.05) is 32.5 Å². The normalized spacial score (nSPS) is 12.0. The second-order valence-electron chi connectivity index (χ2n) is 15.1. The molecule has 308 valence electrons. The molecule has 0 fully saturated rings. The molecule has 53 heavy (non-hydrogen) atoms. The first-order chi connectivity index (χ1) is 25.8. The summed E-state index contributed by atoms with van der Waals surface area (Å²) in [5, 5.41) is 3.28. The van der Waals surface area contributed by atoms with Gasteiger partial charge < -0.3 is 24.6 Å². The number of esters is 2. The molecule has 1 atom stereocenters. The van der Waals surface area contributed by atoms with E-state index in [1.165, 1.54) is 32.1 Å². The van der Waals surface area contributed by atoms with Gasteiger partial charge >= 0.3 is 11.9 Å². The Hall–Kier alpha value is -2.42. The summed E-state index contributed by atoms with van der Waals surface area (Å²) in [6.45, 7) is 16.2.